The molecule has 1 aromatic rings. The largest absolute Gasteiger partial charge is 0.293 e. The first-order valence-electron chi connectivity index (χ1n) is 2.68. The fourth-order valence-corrected chi connectivity index (χ4v) is 1.07. The molecule has 3 nitrogen and oxygen atoms in total. The number of rotatable bonds is 1. The fraction of sp³-hybridized carbons (Fsp3) is 0.167. The summed E-state index contributed by atoms with van der Waals surface area (Å²) in [6.45, 7) is 1.47. The summed E-state index contributed by atoms with van der Waals surface area (Å²) in [5, 5.41) is 0. The predicted octanol–water partition coefficient (Wildman–Crippen LogP) is 1.44. The summed E-state index contributed by atoms with van der Waals surface area (Å²) in [7, 11) is 0. The zero-order chi connectivity index (χ0) is 7.56. The second-order valence-corrected chi connectivity index (χ2v) is 2.63. The molecule has 1 aromatic heterocycles. The highest BCUT2D eigenvalue weighted by Crippen LogP contribution is 2.11. The van der Waals surface area contributed by atoms with E-state index in [0.29, 0.717) is 10.2 Å². The zero-order valence-corrected chi connectivity index (χ0v) is 6.92. The Bertz CT molecular complexity index is 262. The lowest BCUT2D eigenvalue weighted by Crippen LogP contribution is -1.97. The third kappa shape index (κ3) is 1.39. The number of halogens is 1. The molecule has 0 saturated carbocycles. The van der Waals surface area contributed by atoms with Crippen molar-refractivity contribution >= 4 is 21.7 Å². The van der Waals surface area contributed by atoms with Crippen LogP contribution in [0.15, 0.2) is 17.0 Å². The molecule has 0 unspecified atom stereocenters. The van der Waals surface area contributed by atoms with Gasteiger partial charge in [-0.25, -0.2) is 9.97 Å². The minimum Gasteiger partial charge on any atom is -0.293 e. The van der Waals surface area contributed by atoms with Crippen LogP contribution in [0, 0.1) is 0 Å². The van der Waals surface area contributed by atoms with E-state index in [9.17, 15) is 4.79 Å². The van der Waals surface area contributed by atoms with Crippen molar-refractivity contribution in [1.82, 2.24) is 9.97 Å². The highest BCUT2D eigenvalue weighted by molar-refractivity contribution is 9.10. The van der Waals surface area contributed by atoms with Gasteiger partial charge in [-0.1, -0.05) is 0 Å². The third-order valence-corrected chi connectivity index (χ3v) is 1.58. The topological polar surface area (TPSA) is 42.9 Å². The molecule has 4 heteroatoms. The van der Waals surface area contributed by atoms with Gasteiger partial charge in [-0.2, -0.15) is 0 Å². The summed E-state index contributed by atoms with van der Waals surface area (Å²) in [5.74, 6) is -0.0609. The second kappa shape index (κ2) is 2.88. The van der Waals surface area contributed by atoms with Gasteiger partial charge in [-0.05, 0) is 15.9 Å². The van der Waals surface area contributed by atoms with E-state index in [0.717, 1.165) is 0 Å². The minimum absolute atomic E-state index is 0.0609. The van der Waals surface area contributed by atoms with Crippen molar-refractivity contribution in [3.8, 4) is 0 Å². The lowest BCUT2D eigenvalue weighted by Gasteiger charge is -1.94. The summed E-state index contributed by atoms with van der Waals surface area (Å²) < 4.78 is 0.641. The maximum Gasteiger partial charge on any atom is 0.179 e. The van der Waals surface area contributed by atoms with Crippen LogP contribution in [0.5, 0.6) is 0 Å². The molecule has 0 bridgehead atoms. The quantitative estimate of drug-likeness (QED) is 0.645. The van der Waals surface area contributed by atoms with Gasteiger partial charge in [-0.15, -0.1) is 0 Å². The Balaban J connectivity index is 3.15. The molecule has 1 rings (SSSR count). The van der Waals surface area contributed by atoms with Gasteiger partial charge in [0.05, 0.1) is 4.47 Å². The molecule has 0 atom stereocenters. The fourth-order valence-electron chi connectivity index (χ4n) is 0.572. The molecular formula is C6H5BrN2O. The Hall–Kier alpha value is -0.770. The molecule has 0 aliphatic carbocycles. The van der Waals surface area contributed by atoms with E-state index in [1.165, 1.54) is 13.3 Å². The van der Waals surface area contributed by atoms with Crippen LogP contribution < -0.4 is 0 Å². The monoisotopic (exact) mass is 200 g/mol. The van der Waals surface area contributed by atoms with Gasteiger partial charge in [-0.3, -0.25) is 4.79 Å². The van der Waals surface area contributed by atoms with Gasteiger partial charge in [0, 0.05) is 13.1 Å². The SMILES string of the molecule is CC(=O)c1ncncc1Br. The van der Waals surface area contributed by atoms with Crippen LogP contribution in [0.25, 0.3) is 0 Å². The highest BCUT2D eigenvalue weighted by atomic mass is 79.9. The summed E-state index contributed by atoms with van der Waals surface area (Å²) in [6.07, 6.45) is 2.89. The molecule has 52 valence electrons. The Morgan fingerprint density at radius 2 is 2.40 bits per heavy atom. The van der Waals surface area contributed by atoms with Crippen LogP contribution in [-0.4, -0.2) is 15.8 Å². The van der Waals surface area contributed by atoms with Crippen molar-refractivity contribution in [1.29, 1.82) is 0 Å². The van der Waals surface area contributed by atoms with Crippen LogP contribution in [0.2, 0.25) is 0 Å². The maximum absolute atomic E-state index is 10.7. The first kappa shape index (κ1) is 7.34. The van der Waals surface area contributed by atoms with E-state index < -0.39 is 0 Å². The smallest absolute Gasteiger partial charge is 0.179 e. The van der Waals surface area contributed by atoms with E-state index in [1.807, 2.05) is 0 Å². The standard InChI is InChI=1S/C6H5BrN2O/c1-4(10)6-5(7)2-8-3-9-6/h2-3H,1H3. The molecular weight excluding hydrogens is 196 g/mol. The van der Waals surface area contributed by atoms with E-state index in [2.05, 4.69) is 25.9 Å². The van der Waals surface area contributed by atoms with Gasteiger partial charge >= 0.3 is 0 Å². The van der Waals surface area contributed by atoms with Crippen molar-refractivity contribution in [3.05, 3.63) is 22.7 Å². The average molecular weight is 201 g/mol. The van der Waals surface area contributed by atoms with Crippen molar-refractivity contribution in [2.24, 2.45) is 0 Å². The van der Waals surface area contributed by atoms with Gasteiger partial charge < -0.3 is 0 Å². The number of nitrogens with zero attached hydrogens (tertiary/aromatic N) is 2. The average Bonchev–Trinajstić information content (AvgIpc) is 1.88. The number of aromatic nitrogens is 2. The highest BCUT2D eigenvalue weighted by Gasteiger charge is 2.04. The molecule has 0 saturated heterocycles. The van der Waals surface area contributed by atoms with E-state index in [-0.39, 0.29) is 5.78 Å². The van der Waals surface area contributed by atoms with Crippen LogP contribution in [-0.2, 0) is 0 Å². The lowest BCUT2D eigenvalue weighted by molar-refractivity contribution is 0.101. The minimum atomic E-state index is -0.0609. The number of carbonyl (C=O) groups excluding carboxylic acids is 1. The molecule has 0 spiro atoms. The Kier molecular flexibility index (Phi) is 2.11. The van der Waals surface area contributed by atoms with Crippen molar-refractivity contribution in [2.45, 2.75) is 6.92 Å². The van der Waals surface area contributed by atoms with Gasteiger partial charge in [0.1, 0.15) is 12.0 Å². The number of hydrogen-bond donors (Lipinski definition) is 0. The maximum atomic E-state index is 10.7. The summed E-state index contributed by atoms with van der Waals surface area (Å²) in [6, 6.07) is 0. The van der Waals surface area contributed by atoms with Crippen molar-refractivity contribution in [3.63, 3.8) is 0 Å². The molecule has 0 aliphatic heterocycles. The van der Waals surface area contributed by atoms with Gasteiger partial charge in [0.15, 0.2) is 5.78 Å². The Morgan fingerprint density at radius 1 is 1.70 bits per heavy atom. The molecule has 0 aliphatic rings. The molecule has 0 aromatic carbocycles. The third-order valence-electron chi connectivity index (χ3n) is 1.00. The van der Waals surface area contributed by atoms with Crippen LogP contribution in [0.3, 0.4) is 0 Å². The molecule has 0 N–H and O–H groups in total. The van der Waals surface area contributed by atoms with E-state index in [1.54, 1.807) is 6.20 Å². The number of Topliss-reactive ketones (excluding diaryl/α,β-unsaturated/α-hetero) is 1. The number of ketones is 1. The van der Waals surface area contributed by atoms with Crippen LogP contribution in [0.1, 0.15) is 17.4 Å². The number of hydrogen-bond acceptors (Lipinski definition) is 3. The summed E-state index contributed by atoms with van der Waals surface area (Å²) in [4.78, 5) is 18.2. The molecule has 0 radical (unpaired) electrons. The Labute approximate surface area is 66.6 Å². The first-order valence-corrected chi connectivity index (χ1v) is 3.47. The predicted molar refractivity (Wildman–Crippen MR) is 39.7 cm³/mol. The van der Waals surface area contributed by atoms with Gasteiger partial charge in [0.25, 0.3) is 0 Å². The molecule has 1 heterocycles. The zero-order valence-electron chi connectivity index (χ0n) is 5.34. The Morgan fingerprint density at radius 3 is 2.80 bits per heavy atom. The van der Waals surface area contributed by atoms with Crippen LogP contribution in [0.4, 0.5) is 0 Å². The first-order chi connectivity index (χ1) is 4.72. The summed E-state index contributed by atoms with van der Waals surface area (Å²) in [5.41, 5.74) is 0.426. The van der Waals surface area contributed by atoms with E-state index >= 15 is 0 Å². The van der Waals surface area contributed by atoms with Crippen molar-refractivity contribution < 1.29 is 4.79 Å². The van der Waals surface area contributed by atoms with Gasteiger partial charge in [0.2, 0.25) is 0 Å². The lowest BCUT2D eigenvalue weighted by atomic mass is 10.3. The number of carbonyl (C=O) groups is 1. The van der Waals surface area contributed by atoms with Crippen LogP contribution >= 0.6 is 15.9 Å². The summed E-state index contributed by atoms with van der Waals surface area (Å²) >= 11 is 3.15. The normalized spacial score (nSPS) is 9.40. The molecule has 0 amide bonds. The second-order valence-electron chi connectivity index (χ2n) is 1.78. The molecule has 10 heavy (non-hydrogen) atoms. The van der Waals surface area contributed by atoms with E-state index in [4.69, 9.17) is 0 Å². The molecule has 0 fully saturated rings. The van der Waals surface area contributed by atoms with Crippen molar-refractivity contribution in [2.75, 3.05) is 0 Å².